The molecule has 0 saturated carbocycles. The van der Waals surface area contributed by atoms with Crippen LogP contribution in [0.1, 0.15) is 26.0 Å². The molecular weight excluding hydrogens is 468 g/mol. The highest BCUT2D eigenvalue weighted by Crippen LogP contribution is 2.33. The van der Waals surface area contributed by atoms with Crippen molar-refractivity contribution in [2.24, 2.45) is 0 Å². The van der Waals surface area contributed by atoms with Crippen molar-refractivity contribution in [3.8, 4) is 0 Å². The molecule has 1 aliphatic heterocycles. The molecule has 1 fully saturated rings. The number of nitrogen functional groups attached to an aromatic ring is 1. The van der Waals surface area contributed by atoms with Crippen molar-refractivity contribution in [3.63, 3.8) is 0 Å². The molecule has 0 aromatic carbocycles. The van der Waals surface area contributed by atoms with Crippen LogP contribution in [0.5, 0.6) is 0 Å². The zero-order valence-electron chi connectivity index (χ0n) is 19.0. The van der Waals surface area contributed by atoms with E-state index in [0.717, 1.165) is 0 Å². The highest BCUT2D eigenvalue weighted by molar-refractivity contribution is 7.99. The van der Waals surface area contributed by atoms with Crippen molar-refractivity contribution in [1.29, 1.82) is 0 Å². The Morgan fingerprint density at radius 1 is 1.32 bits per heavy atom. The number of nitrogens with zero attached hydrogens (tertiary/aromatic N) is 4. The lowest BCUT2D eigenvalue weighted by Gasteiger charge is -2.18. The number of carbonyl (C=O) groups is 2. The van der Waals surface area contributed by atoms with Crippen molar-refractivity contribution >= 4 is 40.6 Å². The molecule has 0 aliphatic carbocycles. The van der Waals surface area contributed by atoms with E-state index >= 15 is 0 Å². The molecule has 3 rings (SSSR count). The minimum Gasteiger partial charge on any atom is -0.464 e. The first-order valence-electron chi connectivity index (χ1n) is 10.8. The predicted octanol–water partition coefficient (Wildman–Crippen LogP) is -0.765. The van der Waals surface area contributed by atoms with Gasteiger partial charge in [0.15, 0.2) is 17.7 Å². The number of esters is 1. The van der Waals surface area contributed by atoms with Crippen LogP contribution in [-0.2, 0) is 23.8 Å². The number of thioether (sulfide) groups is 1. The van der Waals surface area contributed by atoms with Gasteiger partial charge in [0, 0.05) is 12.9 Å². The average molecular weight is 499 g/mol. The third-order valence-electron chi connectivity index (χ3n) is 5.18. The summed E-state index contributed by atoms with van der Waals surface area (Å²) in [7, 11) is 1.39. The number of ether oxygens (including phenoxy) is 3. The quantitative estimate of drug-likeness (QED) is 0.212. The number of carbonyl (C=O) groups excluding carboxylic acids is 2. The van der Waals surface area contributed by atoms with Gasteiger partial charge in [0.1, 0.15) is 36.7 Å². The Hall–Kier alpha value is -2.52. The summed E-state index contributed by atoms with van der Waals surface area (Å²) in [5.41, 5.74) is 6.57. The van der Waals surface area contributed by atoms with Gasteiger partial charge in [-0.05, 0) is 18.6 Å². The molecular formula is C20H30N6O7S. The third kappa shape index (κ3) is 6.13. The number of hydrogen-bond donors (Lipinski definition) is 4. The van der Waals surface area contributed by atoms with Gasteiger partial charge in [-0.3, -0.25) is 9.36 Å². The van der Waals surface area contributed by atoms with Gasteiger partial charge in [0.05, 0.1) is 19.0 Å². The van der Waals surface area contributed by atoms with Crippen LogP contribution in [0.2, 0.25) is 0 Å². The first-order valence-corrected chi connectivity index (χ1v) is 12.0. The zero-order valence-corrected chi connectivity index (χ0v) is 19.8. The van der Waals surface area contributed by atoms with E-state index in [2.05, 4.69) is 20.3 Å². The molecule has 5 N–H and O–H groups in total. The van der Waals surface area contributed by atoms with Crippen LogP contribution >= 0.6 is 11.8 Å². The second-order valence-electron chi connectivity index (χ2n) is 7.71. The first kappa shape index (κ1) is 26.1. The normalized spacial score (nSPS) is 23.2. The minimum absolute atomic E-state index is 0.161. The summed E-state index contributed by atoms with van der Waals surface area (Å²) in [6.07, 6.45) is -0.204. The van der Waals surface area contributed by atoms with Crippen LogP contribution in [0, 0.1) is 0 Å². The lowest BCUT2D eigenvalue weighted by Crippen LogP contribution is -2.43. The highest BCUT2D eigenvalue weighted by Gasteiger charge is 2.44. The summed E-state index contributed by atoms with van der Waals surface area (Å²) in [6, 6.07) is -0.808. The third-order valence-corrected chi connectivity index (χ3v) is 6.26. The van der Waals surface area contributed by atoms with Gasteiger partial charge in [0.25, 0.3) is 0 Å². The van der Waals surface area contributed by atoms with Gasteiger partial charge in [-0.2, -0.15) is 11.8 Å². The van der Waals surface area contributed by atoms with Crippen molar-refractivity contribution in [1.82, 2.24) is 24.8 Å². The number of hydrogen-bond acceptors (Lipinski definition) is 12. The fourth-order valence-corrected chi connectivity index (χ4v) is 4.55. The standard InChI is InChI=1S/C20H30N6O7S/c1-3-5-32-20(30)11(25-13(27)7-31-2)4-6-34-8-12-15(28)16(29)19(33-12)26-10-24-14-17(21)22-9-23-18(14)26/h9-12,15-16,19,28-29H,3-8H2,1-2H3,(H,25,27)(H2,21,22,23)/t11-,12+,15+,16+,19+/m0/s1. The van der Waals surface area contributed by atoms with Crippen LogP contribution in [0.3, 0.4) is 0 Å². The Labute approximate surface area is 200 Å². The molecule has 34 heavy (non-hydrogen) atoms. The van der Waals surface area contributed by atoms with Crippen LogP contribution in [0.4, 0.5) is 5.82 Å². The second-order valence-corrected chi connectivity index (χ2v) is 8.86. The maximum atomic E-state index is 12.3. The van der Waals surface area contributed by atoms with Gasteiger partial charge in [-0.1, -0.05) is 6.92 Å². The summed E-state index contributed by atoms with van der Waals surface area (Å²) in [4.78, 5) is 36.3. The molecule has 1 amide bonds. The Balaban J connectivity index is 1.55. The number of amides is 1. The zero-order chi connectivity index (χ0) is 24.7. The van der Waals surface area contributed by atoms with Gasteiger partial charge in [-0.15, -0.1) is 0 Å². The average Bonchev–Trinajstić information content (AvgIpc) is 3.36. The number of rotatable bonds is 12. The first-order chi connectivity index (χ1) is 16.4. The van der Waals surface area contributed by atoms with Crippen molar-refractivity contribution in [2.75, 3.05) is 37.6 Å². The van der Waals surface area contributed by atoms with Crippen LogP contribution in [0.15, 0.2) is 12.7 Å². The Morgan fingerprint density at radius 2 is 2.12 bits per heavy atom. The lowest BCUT2D eigenvalue weighted by atomic mass is 10.1. The molecule has 188 valence electrons. The van der Waals surface area contributed by atoms with Gasteiger partial charge >= 0.3 is 5.97 Å². The number of fused-ring (bicyclic) bond motifs is 1. The summed E-state index contributed by atoms with van der Waals surface area (Å²) in [6.45, 7) is 1.99. The SMILES string of the molecule is CCCOC(=O)[C@H](CCSC[C@H]1O[C@@H](n2cnc3c(N)ncnc32)[C@H](O)[C@@H]1O)NC(=O)COC. The van der Waals surface area contributed by atoms with E-state index in [-0.39, 0.29) is 19.0 Å². The van der Waals surface area contributed by atoms with Crippen LogP contribution in [-0.4, -0.2) is 97.8 Å². The van der Waals surface area contributed by atoms with Gasteiger partial charge < -0.3 is 35.5 Å². The second kappa shape index (κ2) is 12.3. The van der Waals surface area contributed by atoms with E-state index in [1.54, 1.807) is 0 Å². The molecule has 1 saturated heterocycles. The molecule has 0 bridgehead atoms. The molecule has 1 aliphatic rings. The Morgan fingerprint density at radius 3 is 2.85 bits per heavy atom. The summed E-state index contributed by atoms with van der Waals surface area (Å²) >= 11 is 1.41. The fraction of sp³-hybridized carbons (Fsp3) is 0.650. The molecule has 0 unspecified atom stereocenters. The molecule has 13 nitrogen and oxygen atoms in total. The Bertz CT molecular complexity index is 976. The molecule has 0 radical (unpaired) electrons. The minimum atomic E-state index is -1.20. The number of anilines is 1. The molecule has 2 aromatic heterocycles. The van der Waals surface area contributed by atoms with E-state index in [9.17, 15) is 19.8 Å². The van der Waals surface area contributed by atoms with Crippen molar-refractivity contribution in [2.45, 2.75) is 50.3 Å². The molecule has 5 atom stereocenters. The number of aliphatic hydroxyl groups excluding tert-OH is 2. The van der Waals surface area contributed by atoms with Crippen molar-refractivity contribution in [3.05, 3.63) is 12.7 Å². The number of methoxy groups -OCH3 is 1. The summed E-state index contributed by atoms with van der Waals surface area (Å²) in [5, 5.41) is 23.7. The molecule has 14 heteroatoms. The molecule has 2 aromatic rings. The maximum Gasteiger partial charge on any atom is 0.328 e. The number of nitrogens with one attached hydrogen (secondary N) is 1. The van der Waals surface area contributed by atoms with Crippen molar-refractivity contribution < 1.29 is 34.0 Å². The lowest BCUT2D eigenvalue weighted by molar-refractivity contribution is -0.148. The summed E-state index contributed by atoms with van der Waals surface area (Å²) < 4.78 is 17.4. The largest absolute Gasteiger partial charge is 0.464 e. The van der Waals surface area contributed by atoms with Crippen LogP contribution < -0.4 is 11.1 Å². The topological polar surface area (TPSA) is 184 Å². The predicted molar refractivity (Wildman–Crippen MR) is 123 cm³/mol. The number of aromatic nitrogens is 4. The van der Waals surface area contributed by atoms with E-state index < -0.39 is 42.5 Å². The van der Waals surface area contributed by atoms with Gasteiger partial charge in [0.2, 0.25) is 5.91 Å². The Kier molecular flexibility index (Phi) is 9.41. The van der Waals surface area contributed by atoms with Crippen LogP contribution in [0.25, 0.3) is 11.2 Å². The fourth-order valence-electron chi connectivity index (χ4n) is 3.47. The maximum absolute atomic E-state index is 12.3. The summed E-state index contributed by atoms with van der Waals surface area (Å²) in [5.74, 6) is 0.107. The van der Waals surface area contributed by atoms with E-state index in [4.69, 9.17) is 19.9 Å². The van der Waals surface area contributed by atoms with Gasteiger partial charge in [-0.25, -0.2) is 19.7 Å². The van der Waals surface area contributed by atoms with E-state index in [1.807, 2.05) is 6.92 Å². The molecule has 3 heterocycles. The van der Waals surface area contributed by atoms with E-state index in [0.29, 0.717) is 35.5 Å². The smallest absolute Gasteiger partial charge is 0.328 e. The number of aliphatic hydroxyl groups is 2. The number of imidazole rings is 1. The van der Waals surface area contributed by atoms with E-state index in [1.165, 1.54) is 36.1 Å². The molecule has 0 spiro atoms. The number of nitrogens with two attached hydrogens (primary N) is 1. The highest BCUT2D eigenvalue weighted by atomic mass is 32.2. The monoisotopic (exact) mass is 498 g/mol.